The first-order valence-electron chi connectivity index (χ1n) is 12.7. The molecule has 8 heteroatoms. The molecule has 2 N–H and O–H groups in total. The highest BCUT2D eigenvalue weighted by atomic mass is 32.2. The maximum Gasteiger partial charge on any atom is 0.240 e. The summed E-state index contributed by atoms with van der Waals surface area (Å²) in [4.78, 5) is 27.5. The van der Waals surface area contributed by atoms with E-state index in [1.807, 2.05) is 72.8 Å². The summed E-state index contributed by atoms with van der Waals surface area (Å²) in [5.74, 6) is -0.398. The van der Waals surface area contributed by atoms with E-state index >= 15 is 0 Å². The van der Waals surface area contributed by atoms with Gasteiger partial charge in [-0.1, -0.05) is 72.8 Å². The average molecular weight is 518 g/mol. The lowest BCUT2D eigenvalue weighted by Crippen LogP contribution is -2.54. The predicted octanol–water partition coefficient (Wildman–Crippen LogP) is 3.89. The van der Waals surface area contributed by atoms with Crippen molar-refractivity contribution in [3.63, 3.8) is 0 Å². The van der Waals surface area contributed by atoms with Crippen LogP contribution in [0.1, 0.15) is 37.3 Å². The van der Waals surface area contributed by atoms with Gasteiger partial charge in [0.15, 0.2) is 0 Å². The zero-order valence-corrected chi connectivity index (χ0v) is 21.4. The molecule has 3 aromatic carbocycles. The molecule has 3 aromatic rings. The van der Waals surface area contributed by atoms with E-state index in [9.17, 15) is 18.0 Å². The molecule has 37 heavy (non-hydrogen) atoms. The van der Waals surface area contributed by atoms with Gasteiger partial charge in [0, 0.05) is 18.5 Å². The van der Waals surface area contributed by atoms with Crippen LogP contribution in [0.4, 0.5) is 0 Å². The average Bonchev–Trinajstić information content (AvgIpc) is 2.94. The quantitative estimate of drug-likeness (QED) is 0.519. The smallest absolute Gasteiger partial charge is 0.240 e. The van der Waals surface area contributed by atoms with Crippen molar-refractivity contribution in [2.75, 3.05) is 13.1 Å². The molecular formula is C29H31N3O4S. The van der Waals surface area contributed by atoms with Crippen LogP contribution in [0.3, 0.4) is 0 Å². The Morgan fingerprint density at radius 2 is 1.41 bits per heavy atom. The van der Waals surface area contributed by atoms with Crippen LogP contribution in [0.15, 0.2) is 89.8 Å². The fourth-order valence-electron chi connectivity index (χ4n) is 5.28. The highest BCUT2D eigenvalue weighted by Crippen LogP contribution is 2.31. The first-order valence-corrected chi connectivity index (χ1v) is 14.2. The van der Waals surface area contributed by atoms with Gasteiger partial charge in [0.2, 0.25) is 21.8 Å². The molecule has 2 amide bonds. The Labute approximate surface area is 217 Å². The minimum Gasteiger partial charge on any atom is -0.352 e. The molecule has 5 rings (SSSR count). The molecular weight excluding hydrogens is 486 g/mol. The van der Waals surface area contributed by atoms with Gasteiger partial charge in [-0.3, -0.25) is 9.59 Å². The highest BCUT2D eigenvalue weighted by molar-refractivity contribution is 7.89. The first-order chi connectivity index (χ1) is 17.9. The van der Waals surface area contributed by atoms with Crippen molar-refractivity contribution in [1.29, 1.82) is 0 Å². The van der Waals surface area contributed by atoms with Crippen molar-refractivity contribution in [1.82, 2.24) is 14.9 Å². The van der Waals surface area contributed by atoms with E-state index in [1.54, 1.807) is 17.0 Å². The molecule has 7 nitrogen and oxygen atoms in total. The summed E-state index contributed by atoms with van der Waals surface area (Å²) in [5, 5.41) is 2.87. The maximum absolute atomic E-state index is 13.5. The number of amides is 2. The van der Waals surface area contributed by atoms with Gasteiger partial charge in [0.1, 0.15) is 6.54 Å². The van der Waals surface area contributed by atoms with E-state index in [0.29, 0.717) is 32.2 Å². The number of sulfonamides is 1. The third kappa shape index (κ3) is 5.76. The molecule has 1 heterocycles. The maximum atomic E-state index is 13.5. The summed E-state index contributed by atoms with van der Waals surface area (Å²) in [7, 11) is -3.67. The highest BCUT2D eigenvalue weighted by Gasteiger charge is 2.37. The zero-order valence-electron chi connectivity index (χ0n) is 20.5. The number of hydrogen-bond acceptors (Lipinski definition) is 4. The lowest BCUT2D eigenvalue weighted by Gasteiger charge is -2.39. The Balaban J connectivity index is 1.20. The van der Waals surface area contributed by atoms with E-state index in [0.717, 1.165) is 16.7 Å². The van der Waals surface area contributed by atoms with Crippen molar-refractivity contribution in [3.05, 3.63) is 90.5 Å². The monoisotopic (exact) mass is 517 g/mol. The summed E-state index contributed by atoms with van der Waals surface area (Å²) in [6.45, 7) is 0.441. The van der Waals surface area contributed by atoms with Gasteiger partial charge in [0.05, 0.1) is 10.9 Å². The van der Waals surface area contributed by atoms with Crippen molar-refractivity contribution < 1.29 is 18.0 Å². The zero-order chi connectivity index (χ0) is 25.8. The summed E-state index contributed by atoms with van der Waals surface area (Å²) >= 11 is 0. The van der Waals surface area contributed by atoms with Crippen LogP contribution >= 0.6 is 0 Å². The third-order valence-electron chi connectivity index (χ3n) is 7.32. The van der Waals surface area contributed by atoms with Gasteiger partial charge >= 0.3 is 0 Å². The van der Waals surface area contributed by atoms with Gasteiger partial charge in [-0.15, -0.1) is 0 Å². The molecule has 0 unspecified atom stereocenters. The van der Waals surface area contributed by atoms with Gasteiger partial charge < -0.3 is 10.2 Å². The second-order valence-corrected chi connectivity index (χ2v) is 11.5. The van der Waals surface area contributed by atoms with E-state index in [4.69, 9.17) is 0 Å². The Morgan fingerprint density at radius 1 is 0.811 bits per heavy atom. The molecule has 2 aliphatic rings. The normalized spacial score (nSPS) is 22.3. The summed E-state index contributed by atoms with van der Waals surface area (Å²) < 4.78 is 28.9. The third-order valence-corrected chi connectivity index (χ3v) is 8.86. The fourth-order valence-corrected chi connectivity index (χ4v) is 6.59. The predicted molar refractivity (Wildman–Crippen MR) is 142 cm³/mol. The van der Waals surface area contributed by atoms with Crippen molar-refractivity contribution in [3.8, 4) is 11.1 Å². The topological polar surface area (TPSA) is 95.6 Å². The molecule has 1 aliphatic heterocycles. The van der Waals surface area contributed by atoms with Gasteiger partial charge in [0.25, 0.3) is 0 Å². The van der Waals surface area contributed by atoms with Gasteiger partial charge in [-0.05, 0) is 54.5 Å². The molecule has 1 saturated heterocycles. The van der Waals surface area contributed by atoms with E-state index in [1.165, 1.54) is 0 Å². The number of nitrogens with one attached hydrogen (secondary N) is 2. The molecule has 1 saturated carbocycles. The Morgan fingerprint density at radius 3 is 2.05 bits per heavy atom. The van der Waals surface area contributed by atoms with E-state index < -0.39 is 10.0 Å². The van der Waals surface area contributed by atoms with E-state index in [-0.39, 0.29) is 41.3 Å². The van der Waals surface area contributed by atoms with Crippen LogP contribution < -0.4 is 10.0 Å². The minimum atomic E-state index is -3.67. The number of nitrogens with zero attached hydrogens (tertiary/aromatic N) is 1. The van der Waals surface area contributed by atoms with Crippen LogP contribution in [-0.4, -0.2) is 44.3 Å². The number of hydrogen-bond donors (Lipinski definition) is 2. The van der Waals surface area contributed by atoms with Gasteiger partial charge in [-0.2, -0.15) is 0 Å². The molecule has 0 radical (unpaired) electrons. The van der Waals surface area contributed by atoms with Crippen molar-refractivity contribution >= 4 is 21.8 Å². The molecule has 1 atom stereocenters. The van der Waals surface area contributed by atoms with E-state index in [2.05, 4.69) is 10.0 Å². The van der Waals surface area contributed by atoms with Crippen molar-refractivity contribution in [2.24, 2.45) is 5.92 Å². The summed E-state index contributed by atoms with van der Waals surface area (Å²) in [6.07, 6.45) is 2.32. The standard InChI is InChI=1S/C29H31N3O4S/c33-28-20-32(27(19-30-28)23-9-5-2-6-10-23)29(34)24-11-15-25(16-12-24)31-37(35,36)26-17-13-22(14-18-26)21-7-3-1-4-8-21/h1-10,13-14,17-18,24-25,27,31H,11-12,15-16,19-20H2,(H,30,33)/t24?,25?,27-/m1/s1. The Bertz CT molecular complexity index is 1340. The molecule has 2 fully saturated rings. The molecule has 0 spiro atoms. The number of piperazine rings is 1. The molecule has 0 aromatic heterocycles. The summed E-state index contributed by atoms with van der Waals surface area (Å²) in [5.41, 5.74) is 2.98. The number of carbonyl (C=O) groups is 2. The Kier molecular flexibility index (Phi) is 7.39. The summed E-state index contributed by atoms with van der Waals surface area (Å²) in [6, 6.07) is 26.0. The molecule has 1 aliphatic carbocycles. The Hall–Kier alpha value is -3.49. The number of benzene rings is 3. The number of carbonyl (C=O) groups excluding carboxylic acids is 2. The van der Waals surface area contributed by atoms with Crippen LogP contribution in [0.2, 0.25) is 0 Å². The second kappa shape index (κ2) is 10.9. The first kappa shape index (κ1) is 25.2. The largest absolute Gasteiger partial charge is 0.352 e. The van der Waals surface area contributed by atoms with Crippen LogP contribution in [0.5, 0.6) is 0 Å². The SMILES string of the molecule is O=C1CN(C(=O)C2CCC(NS(=O)(=O)c3ccc(-c4ccccc4)cc3)CC2)[C@@H](c2ccccc2)CN1. The van der Waals surface area contributed by atoms with Gasteiger partial charge in [-0.25, -0.2) is 13.1 Å². The second-order valence-electron chi connectivity index (χ2n) is 9.76. The van der Waals surface area contributed by atoms with Crippen LogP contribution in [0.25, 0.3) is 11.1 Å². The van der Waals surface area contributed by atoms with Crippen molar-refractivity contribution in [2.45, 2.75) is 42.7 Å². The van der Waals surface area contributed by atoms with Crippen LogP contribution in [-0.2, 0) is 19.6 Å². The number of rotatable bonds is 6. The lowest BCUT2D eigenvalue weighted by molar-refractivity contribution is -0.145. The minimum absolute atomic E-state index is 0.0264. The van der Waals surface area contributed by atoms with Crippen LogP contribution in [0, 0.1) is 5.92 Å². The fraction of sp³-hybridized carbons (Fsp3) is 0.310. The lowest BCUT2D eigenvalue weighted by atomic mass is 9.85. The molecule has 0 bridgehead atoms. The molecule has 192 valence electrons.